The molecule has 1 N–H and O–H groups in total. The monoisotopic (exact) mass is 264 g/mol. The second kappa shape index (κ2) is 8.53. The Balaban J connectivity index is 2.29. The molecule has 0 aliphatic carbocycles. The first-order valence-corrected chi connectivity index (χ1v) is 6.81. The van der Waals surface area contributed by atoms with E-state index in [9.17, 15) is 4.79 Å². The molecule has 106 valence electrons. The Labute approximate surface area is 115 Å². The van der Waals surface area contributed by atoms with Crippen LogP contribution in [-0.4, -0.2) is 37.6 Å². The number of amides is 1. The van der Waals surface area contributed by atoms with Crippen molar-refractivity contribution in [1.29, 1.82) is 0 Å². The van der Waals surface area contributed by atoms with Crippen molar-refractivity contribution < 1.29 is 9.53 Å². The van der Waals surface area contributed by atoms with Gasteiger partial charge in [-0.2, -0.15) is 0 Å². The molecule has 0 fully saturated rings. The summed E-state index contributed by atoms with van der Waals surface area (Å²) in [5.41, 5.74) is 1.08. The third-order valence-corrected chi connectivity index (χ3v) is 3.20. The topological polar surface area (TPSA) is 41.6 Å². The van der Waals surface area contributed by atoms with E-state index < -0.39 is 0 Å². The Morgan fingerprint density at radius 1 is 1.21 bits per heavy atom. The van der Waals surface area contributed by atoms with Gasteiger partial charge in [0.25, 0.3) is 0 Å². The van der Waals surface area contributed by atoms with Crippen molar-refractivity contribution in [3.05, 3.63) is 29.8 Å². The first-order chi connectivity index (χ1) is 9.19. The molecule has 1 aromatic carbocycles. The van der Waals surface area contributed by atoms with Crippen LogP contribution in [0.5, 0.6) is 5.75 Å². The summed E-state index contributed by atoms with van der Waals surface area (Å²) in [6.07, 6.45) is 0.553. The number of ether oxygens (including phenoxy) is 1. The maximum atomic E-state index is 11.7. The predicted octanol–water partition coefficient (Wildman–Crippen LogP) is 2.04. The van der Waals surface area contributed by atoms with E-state index in [1.54, 1.807) is 7.11 Å². The third-order valence-electron chi connectivity index (χ3n) is 3.20. The number of nitrogens with one attached hydrogen (secondary N) is 1. The highest BCUT2D eigenvalue weighted by Crippen LogP contribution is 2.10. The summed E-state index contributed by atoms with van der Waals surface area (Å²) >= 11 is 0. The molecule has 0 spiro atoms. The Bertz CT molecular complexity index is 372. The molecule has 0 saturated heterocycles. The fourth-order valence-electron chi connectivity index (χ4n) is 1.83. The van der Waals surface area contributed by atoms with E-state index in [4.69, 9.17) is 4.74 Å². The molecule has 4 heteroatoms. The number of methoxy groups -OCH3 is 1. The van der Waals surface area contributed by atoms with Crippen LogP contribution in [0, 0.1) is 0 Å². The standard InChI is InChI=1S/C15H24N2O2/c1-4-17(5-2)11-10-15(18)16-12-13-6-8-14(19-3)9-7-13/h6-9H,4-5,10-12H2,1-3H3,(H,16,18). The Kier molecular flexibility index (Phi) is 6.97. The van der Waals surface area contributed by atoms with Gasteiger partial charge in [-0.15, -0.1) is 0 Å². The lowest BCUT2D eigenvalue weighted by Crippen LogP contribution is -2.30. The fraction of sp³-hybridized carbons (Fsp3) is 0.533. The summed E-state index contributed by atoms with van der Waals surface area (Å²) in [6.45, 7) is 7.59. The van der Waals surface area contributed by atoms with Crippen molar-refractivity contribution in [3.8, 4) is 5.75 Å². The van der Waals surface area contributed by atoms with Gasteiger partial charge < -0.3 is 15.0 Å². The van der Waals surface area contributed by atoms with Gasteiger partial charge in [0.2, 0.25) is 5.91 Å². The quantitative estimate of drug-likeness (QED) is 0.781. The minimum Gasteiger partial charge on any atom is -0.497 e. The van der Waals surface area contributed by atoms with Crippen LogP contribution in [0.4, 0.5) is 0 Å². The predicted molar refractivity (Wildman–Crippen MR) is 77.2 cm³/mol. The molecule has 1 amide bonds. The van der Waals surface area contributed by atoms with Crippen molar-refractivity contribution in [2.45, 2.75) is 26.8 Å². The smallest absolute Gasteiger partial charge is 0.221 e. The van der Waals surface area contributed by atoms with Gasteiger partial charge in [-0.25, -0.2) is 0 Å². The summed E-state index contributed by atoms with van der Waals surface area (Å²) in [4.78, 5) is 14.0. The minimum absolute atomic E-state index is 0.0997. The number of nitrogens with zero attached hydrogens (tertiary/aromatic N) is 1. The van der Waals surface area contributed by atoms with Gasteiger partial charge in [-0.05, 0) is 30.8 Å². The van der Waals surface area contributed by atoms with Crippen LogP contribution in [0.15, 0.2) is 24.3 Å². The molecule has 4 nitrogen and oxygen atoms in total. The number of rotatable bonds is 8. The van der Waals surface area contributed by atoms with Crippen molar-refractivity contribution in [2.24, 2.45) is 0 Å². The average Bonchev–Trinajstić information content (AvgIpc) is 2.46. The van der Waals surface area contributed by atoms with E-state index in [0.29, 0.717) is 13.0 Å². The molecule has 1 aromatic rings. The molecule has 0 atom stereocenters. The van der Waals surface area contributed by atoms with Crippen LogP contribution in [0.3, 0.4) is 0 Å². The molecular formula is C15H24N2O2. The molecule has 19 heavy (non-hydrogen) atoms. The first-order valence-electron chi connectivity index (χ1n) is 6.81. The summed E-state index contributed by atoms with van der Waals surface area (Å²) in [6, 6.07) is 7.72. The second-order valence-corrected chi connectivity index (χ2v) is 4.40. The van der Waals surface area contributed by atoms with E-state index in [1.807, 2.05) is 24.3 Å². The Morgan fingerprint density at radius 2 is 1.84 bits per heavy atom. The highest BCUT2D eigenvalue weighted by atomic mass is 16.5. The van der Waals surface area contributed by atoms with Gasteiger partial charge in [0.15, 0.2) is 0 Å². The summed E-state index contributed by atoms with van der Waals surface area (Å²) in [5.74, 6) is 0.930. The van der Waals surface area contributed by atoms with Crippen molar-refractivity contribution >= 4 is 5.91 Å². The van der Waals surface area contributed by atoms with E-state index in [1.165, 1.54) is 0 Å². The van der Waals surface area contributed by atoms with E-state index >= 15 is 0 Å². The summed E-state index contributed by atoms with van der Waals surface area (Å²) in [5, 5.41) is 2.93. The molecule has 0 unspecified atom stereocenters. The molecule has 0 aliphatic rings. The molecule has 0 saturated carbocycles. The molecule has 0 radical (unpaired) electrons. The van der Waals surface area contributed by atoms with Gasteiger partial charge >= 0.3 is 0 Å². The van der Waals surface area contributed by atoms with E-state index in [-0.39, 0.29) is 5.91 Å². The Hall–Kier alpha value is -1.55. The van der Waals surface area contributed by atoms with E-state index in [0.717, 1.165) is 30.9 Å². The highest BCUT2D eigenvalue weighted by Gasteiger charge is 2.05. The first kappa shape index (κ1) is 15.5. The highest BCUT2D eigenvalue weighted by molar-refractivity contribution is 5.76. The second-order valence-electron chi connectivity index (χ2n) is 4.40. The number of hydrogen-bond acceptors (Lipinski definition) is 3. The molecule has 0 heterocycles. The third kappa shape index (κ3) is 5.75. The van der Waals surface area contributed by atoms with Gasteiger partial charge in [0, 0.05) is 19.5 Å². The van der Waals surface area contributed by atoms with Crippen molar-refractivity contribution in [2.75, 3.05) is 26.7 Å². The average molecular weight is 264 g/mol. The zero-order valence-corrected chi connectivity index (χ0v) is 12.1. The van der Waals surface area contributed by atoms with Gasteiger partial charge in [-0.3, -0.25) is 4.79 Å². The van der Waals surface area contributed by atoms with Crippen LogP contribution in [0.1, 0.15) is 25.8 Å². The lowest BCUT2D eigenvalue weighted by Gasteiger charge is -2.17. The molecule has 0 aromatic heterocycles. The maximum absolute atomic E-state index is 11.7. The molecule has 0 aliphatic heterocycles. The molecule has 1 rings (SSSR count). The Morgan fingerprint density at radius 3 is 2.37 bits per heavy atom. The van der Waals surface area contributed by atoms with Crippen LogP contribution in [-0.2, 0) is 11.3 Å². The van der Waals surface area contributed by atoms with Crippen molar-refractivity contribution in [1.82, 2.24) is 10.2 Å². The van der Waals surface area contributed by atoms with Gasteiger partial charge in [0.1, 0.15) is 5.75 Å². The maximum Gasteiger partial charge on any atom is 0.221 e. The van der Waals surface area contributed by atoms with Crippen LogP contribution < -0.4 is 10.1 Å². The fourth-order valence-corrected chi connectivity index (χ4v) is 1.83. The minimum atomic E-state index is 0.0997. The number of hydrogen-bond donors (Lipinski definition) is 1. The van der Waals surface area contributed by atoms with Gasteiger partial charge in [-0.1, -0.05) is 26.0 Å². The van der Waals surface area contributed by atoms with Gasteiger partial charge in [0.05, 0.1) is 7.11 Å². The lowest BCUT2D eigenvalue weighted by molar-refractivity contribution is -0.121. The normalized spacial score (nSPS) is 10.5. The van der Waals surface area contributed by atoms with Crippen molar-refractivity contribution in [3.63, 3.8) is 0 Å². The zero-order valence-electron chi connectivity index (χ0n) is 12.1. The lowest BCUT2D eigenvalue weighted by atomic mass is 10.2. The number of carbonyl (C=O) groups excluding carboxylic acids is 1. The van der Waals surface area contributed by atoms with Crippen LogP contribution >= 0.6 is 0 Å². The SMILES string of the molecule is CCN(CC)CCC(=O)NCc1ccc(OC)cc1. The summed E-state index contributed by atoms with van der Waals surface area (Å²) < 4.78 is 5.09. The van der Waals surface area contributed by atoms with Crippen LogP contribution in [0.25, 0.3) is 0 Å². The number of carbonyl (C=O) groups is 1. The molecule has 0 bridgehead atoms. The molecular weight excluding hydrogens is 240 g/mol. The van der Waals surface area contributed by atoms with E-state index in [2.05, 4.69) is 24.1 Å². The number of benzene rings is 1. The van der Waals surface area contributed by atoms with Crippen LogP contribution in [0.2, 0.25) is 0 Å². The summed E-state index contributed by atoms with van der Waals surface area (Å²) in [7, 11) is 1.64. The largest absolute Gasteiger partial charge is 0.497 e. The zero-order chi connectivity index (χ0) is 14.1.